The van der Waals surface area contributed by atoms with Crippen LogP contribution >= 0.6 is 0 Å². The molecule has 1 N–H and O–H groups in total. The zero-order valence-corrected chi connectivity index (χ0v) is 17.4. The van der Waals surface area contributed by atoms with Crippen molar-refractivity contribution in [2.45, 2.75) is 31.8 Å². The number of anilines is 2. The molecular weight excluding hydrogens is 346 g/mol. The molecule has 0 aromatic heterocycles. The summed E-state index contributed by atoms with van der Waals surface area (Å²) in [7, 11) is 6.41. The lowest BCUT2D eigenvalue weighted by molar-refractivity contribution is 0.234. The van der Waals surface area contributed by atoms with Crippen LogP contribution in [0.5, 0.6) is 0 Å². The van der Waals surface area contributed by atoms with E-state index in [4.69, 9.17) is 4.99 Å². The number of amidine groups is 1. The summed E-state index contributed by atoms with van der Waals surface area (Å²) in [6.45, 7) is 4.97. The minimum Gasteiger partial charge on any atom is -0.371 e. The van der Waals surface area contributed by atoms with Crippen molar-refractivity contribution < 1.29 is 0 Å². The molecular formula is C23H31N5. The summed E-state index contributed by atoms with van der Waals surface area (Å²) in [6, 6.07) is 17.2. The van der Waals surface area contributed by atoms with Crippen LogP contribution in [0.15, 0.2) is 53.5 Å². The Morgan fingerprint density at radius 2 is 1.82 bits per heavy atom. The molecule has 0 radical (unpaired) electrons. The highest BCUT2D eigenvalue weighted by Crippen LogP contribution is 2.40. The minimum absolute atomic E-state index is 0.130. The average molecular weight is 378 g/mol. The standard InChI is InChI=1S/C23H31N5/c1-18-8-7-9-19(16-18)17-24-22-23(12-14-27(4)15-13-23)25-20-10-5-6-11-21(20)28(22)26(2)3/h5-11,16,25H,12-15,17H2,1-4H3. The van der Waals surface area contributed by atoms with Crippen LogP contribution in [-0.4, -0.2) is 55.5 Å². The van der Waals surface area contributed by atoms with Gasteiger partial charge in [-0.2, -0.15) is 0 Å². The maximum atomic E-state index is 5.22. The Morgan fingerprint density at radius 3 is 2.54 bits per heavy atom. The summed E-state index contributed by atoms with van der Waals surface area (Å²) in [5.41, 5.74) is 4.77. The molecule has 1 saturated heterocycles. The van der Waals surface area contributed by atoms with Crippen molar-refractivity contribution in [1.29, 1.82) is 0 Å². The molecule has 5 nitrogen and oxygen atoms in total. The smallest absolute Gasteiger partial charge is 0.145 e. The van der Waals surface area contributed by atoms with E-state index in [1.54, 1.807) is 0 Å². The topological polar surface area (TPSA) is 34.1 Å². The number of rotatable bonds is 3. The molecule has 0 bridgehead atoms. The maximum Gasteiger partial charge on any atom is 0.145 e. The number of nitrogens with one attached hydrogen (secondary N) is 1. The van der Waals surface area contributed by atoms with Gasteiger partial charge in [0.1, 0.15) is 5.84 Å². The number of piperidine rings is 1. The number of hydrogen-bond donors (Lipinski definition) is 1. The predicted octanol–water partition coefficient (Wildman–Crippen LogP) is 3.77. The van der Waals surface area contributed by atoms with Gasteiger partial charge in [0.2, 0.25) is 0 Å². The molecule has 1 fully saturated rings. The van der Waals surface area contributed by atoms with E-state index in [9.17, 15) is 0 Å². The van der Waals surface area contributed by atoms with Gasteiger partial charge in [0, 0.05) is 27.2 Å². The number of fused-ring (bicyclic) bond motifs is 1. The first-order valence-corrected chi connectivity index (χ1v) is 10.1. The number of benzene rings is 2. The molecule has 0 atom stereocenters. The molecule has 148 valence electrons. The SMILES string of the molecule is Cc1cccc(CN=C2N(N(C)C)c3ccccc3NC23CCN(C)CC3)c1. The van der Waals surface area contributed by atoms with Gasteiger partial charge < -0.3 is 10.2 Å². The van der Waals surface area contributed by atoms with Crippen LogP contribution in [-0.2, 0) is 6.54 Å². The summed E-state index contributed by atoms with van der Waals surface area (Å²) in [4.78, 5) is 7.63. The van der Waals surface area contributed by atoms with E-state index < -0.39 is 0 Å². The highest BCUT2D eigenvalue weighted by Gasteiger charge is 2.46. The van der Waals surface area contributed by atoms with Crippen LogP contribution in [0.25, 0.3) is 0 Å². The Labute approximate surface area is 168 Å². The van der Waals surface area contributed by atoms with E-state index in [2.05, 4.69) is 96.8 Å². The fourth-order valence-corrected chi connectivity index (χ4v) is 4.34. The van der Waals surface area contributed by atoms with E-state index in [0.717, 1.165) is 31.8 Å². The summed E-state index contributed by atoms with van der Waals surface area (Å²) in [5.74, 6) is 1.13. The fraction of sp³-hybridized carbons (Fsp3) is 0.435. The minimum atomic E-state index is -0.130. The van der Waals surface area contributed by atoms with Gasteiger partial charge in [-0.25, -0.2) is 5.01 Å². The normalized spacial score (nSPS) is 20.5. The van der Waals surface area contributed by atoms with E-state index in [1.807, 2.05) is 0 Å². The fourth-order valence-electron chi connectivity index (χ4n) is 4.34. The van der Waals surface area contributed by atoms with Crippen molar-refractivity contribution in [3.05, 3.63) is 59.7 Å². The molecule has 0 amide bonds. The first-order chi connectivity index (χ1) is 13.5. The third kappa shape index (κ3) is 3.52. The molecule has 2 aliphatic rings. The molecule has 4 rings (SSSR count). The van der Waals surface area contributed by atoms with Gasteiger partial charge in [-0.1, -0.05) is 42.0 Å². The average Bonchev–Trinajstić information content (AvgIpc) is 2.68. The molecule has 0 aliphatic carbocycles. The van der Waals surface area contributed by atoms with Gasteiger partial charge in [0.25, 0.3) is 0 Å². The Bertz CT molecular complexity index is 865. The second kappa shape index (κ2) is 7.57. The number of hydrogen-bond acceptors (Lipinski definition) is 4. The van der Waals surface area contributed by atoms with Crippen molar-refractivity contribution in [1.82, 2.24) is 9.91 Å². The van der Waals surface area contributed by atoms with E-state index >= 15 is 0 Å². The van der Waals surface area contributed by atoms with Crippen molar-refractivity contribution in [2.24, 2.45) is 4.99 Å². The molecule has 2 heterocycles. The third-order valence-electron chi connectivity index (χ3n) is 5.87. The van der Waals surface area contributed by atoms with Crippen LogP contribution < -0.4 is 10.3 Å². The van der Waals surface area contributed by atoms with Crippen molar-refractivity contribution in [2.75, 3.05) is 44.6 Å². The van der Waals surface area contributed by atoms with Crippen LogP contribution in [0.2, 0.25) is 0 Å². The maximum absolute atomic E-state index is 5.22. The molecule has 28 heavy (non-hydrogen) atoms. The Morgan fingerprint density at radius 1 is 1.07 bits per heavy atom. The molecule has 2 aromatic carbocycles. The van der Waals surface area contributed by atoms with Crippen LogP contribution in [0, 0.1) is 6.92 Å². The van der Waals surface area contributed by atoms with Crippen LogP contribution in [0.3, 0.4) is 0 Å². The quantitative estimate of drug-likeness (QED) is 0.883. The van der Waals surface area contributed by atoms with Gasteiger partial charge in [0.05, 0.1) is 23.5 Å². The van der Waals surface area contributed by atoms with Crippen molar-refractivity contribution in [3.63, 3.8) is 0 Å². The van der Waals surface area contributed by atoms with Crippen molar-refractivity contribution in [3.8, 4) is 0 Å². The van der Waals surface area contributed by atoms with Crippen molar-refractivity contribution >= 4 is 17.2 Å². The summed E-state index contributed by atoms with van der Waals surface area (Å²) >= 11 is 0. The lowest BCUT2D eigenvalue weighted by Gasteiger charge is -2.51. The van der Waals surface area contributed by atoms with E-state index in [-0.39, 0.29) is 5.54 Å². The number of likely N-dealkylation sites (tertiary alicyclic amines) is 1. The summed E-state index contributed by atoms with van der Waals surface area (Å²) < 4.78 is 0. The van der Waals surface area contributed by atoms with Crippen LogP contribution in [0.4, 0.5) is 11.4 Å². The molecule has 2 aromatic rings. The first-order valence-electron chi connectivity index (χ1n) is 10.1. The van der Waals surface area contributed by atoms with Gasteiger partial charge in [0.15, 0.2) is 0 Å². The second-order valence-electron chi connectivity index (χ2n) is 8.32. The Kier molecular flexibility index (Phi) is 5.13. The highest BCUT2D eigenvalue weighted by molar-refractivity contribution is 6.10. The number of aryl methyl sites for hydroxylation is 1. The van der Waals surface area contributed by atoms with Gasteiger partial charge in [-0.15, -0.1) is 0 Å². The first kappa shape index (κ1) is 19.0. The number of aliphatic imine (C=N–C) groups is 1. The summed E-state index contributed by atoms with van der Waals surface area (Å²) in [6.07, 6.45) is 2.10. The zero-order chi connectivity index (χ0) is 19.7. The lowest BCUT2D eigenvalue weighted by Crippen LogP contribution is -2.64. The number of nitrogens with zero attached hydrogens (tertiary/aromatic N) is 4. The molecule has 5 heteroatoms. The number of hydrazine groups is 1. The molecule has 2 aliphatic heterocycles. The van der Waals surface area contributed by atoms with E-state index in [1.165, 1.54) is 22.5 Å². The molecule has 1 spiro atoms. The third-order valence-corrected chi connectivity index (χ3v) is 5.87. The van der Waals surface area contributed by atoms with Gasteiger partial charge in [-0.05, 0) is 44.5 Å². The Hall–Kier alpha value is -2.37. The second-order valence-corrected chi connectivity index (χ2v) is 8.32. The van der Waals surface area contributed by atoms with Gasteiger partial charge >= 0.3 is 0 Å². The van der Waals surface area contributed by atoms with E-state index in [0.29, 0.717) is 6.54 Å². The predicted molar refractivity (Wildman–Crippen MR) is 118 cm³/mol. The highest BCUT2D eigenvalue weighted by atomic mass is 15.6. The van der Waals surface area contributed by atoms with Crippen LogP contribution in [0.1, 0.15) is 24.0 Å². The molecule has 0 unspecified atom stereocenters. The monoisotopic (exact) mass is 377 g/mol. The lowest BCUT2D eigenvalue weighted by atomic mass is 9.83. The summed E-state index contributed by atoms with van der Waals surface area (Å²) in [5, 5.41) is 8.35. The molecule has 0 saturated carbocycles. The van der Waals surface area contributed by atoms with Gasteiger partial charge in [-0.3, -0.25) is 10.0 Å². The largest absolute Gasteiger partial charge is 0.371 e. The number of para-hydroxylation sites is 2. The Balaban J connectivity index is 1.78. The zero-order valence-electron chi connectivity index (χ0n) is 17.4.